The molecule has 26 nitrogen and oxygen atoms in total. The van der Waals surface area contributed by atoms with Crippen molar-refractivity contribution in [3.05, 3.63) is 97.1 Å². The number of aromatic nitrogens is 8. The van der Waals surface area contributed by atoms with Gasteiger partial charge in [-0.25, -0.2) is 34.5 Å². The zero-order chi connectivity index (χ0) is 63.0. The second-order valence-electron chi connectivity index (χ2n) is 23.3. The summed E-state index contributed by atoms with van der Waals surface area (Å²) in [6.07, 6.45) is -3.97. The summed E-state index contributed by atoms with van der Waals surface area (Å²) in [5.41, 5.74) is 1.68. The van der Waals surface area contributed by atoms with Crippen molar-refractivity contribution in [2.24, 2.45) is 0 Å². The molecule has 2 aromatic carbocycles. The number of imidazole rings is 2. The maximum absolute atomic E-state index is 15.9. The Hall–Kier alpha value is -5.41. The molecule has 0 bridgehead atoms. The molecule has 0 aliphatic carbocycles. The molecule has 0 saturated carbocycles. The molecule has 2 N–H and O–H groups in total. The summed E-state index contributed by atoms with van der Waals surface area (Å²) in [5.74, 6) is -0.628. The van der Waals surface area contributed by atoms with Gasteiger partial charge in [0, 0.05) is 15.6 Å². The Morgan fingerprint density at radius 3 is 1.51 bits per heavy atom. The van der Waals surface area contributed by atoms with Gasteiger partial charge in [-0.3, -0.25) is 36.8 Å². The van der Waals surface area contributed by atoms with Crippen LogP contribution in [0.25, 0.3) is 22.3 Å². The molecule has 4 aromatic heterocycles. The van der Waals surface area contributed by atoms with E-state index in [4.69, 9.17) is 57.3 Å². The number of ether oxygens (including phenoxy) is 2. The molecular formula is C55H70IN13O13P2SSi2. The number of amides is 2. The van der Waals surface area contributed by atoms with E-state index >= 15 is 4.57 Å². The molecule has 0 radical (unpaired) electrons. The fourth-order valence-electron chi connectivity index (χ4n) is 8.73. The van der Waals surface area contributed by atoms with Crippen molar-refractivity contribution < 1.29 is 59.6 Å². The third-order valence-corrected chi connectivity index (χ3v) is 29.0. The second-order valence-corrected chi connectivity index (χ2v) is 38.2. The van der Waals surface area contributed by atoms with Gasteiger partial charge in [-0.05, 0) is 72.3 Å². The molecular weight excluding hydrogens is 1330 g/mol. The predicted molar refractivity (Wildman–Crippen MR) is 336 cm³/mol. The van der Waals surface area contributed by atoms with E-state index in [2.05, 4.69) is 97.0 Å². The molecule has 2 saturated heterocycles. The summed E-state index contributed by atoms with van der Waals surface area (Å²) < 4.78 is 86.1. The number of hydrogen-bond acceptors (Lipinski definition) is 23. The molecule has 8 rings (SSSR count). The van der Waals surface area contributed by atoms with Gasteiger partial charge in [-0.1, -0.05) is 101 Å². The molecule has 2 aliphatic rings. The van der Waals surface area contributed by atoms with Crippen molar-refractivity contribution in [2.45, 2.75) is 146 Å². The van der Waals surface area contributed by atoms with Crippen molar-refractivity contribution in [2.75, 3.05) is 41.5 Å². The van der Waals surface area contributed by atoms with Crippen LogP contribution in [-0.2, 0) is 61.8 Å². The second kappa shape index (κ2) is 28.6. The average Bonchev–Trinajstić information content (AvgIpc) is 1.69. The molecule has 87 heavy (non-hydrogen) atoms. The van der Waals surface area contributed by atoms with Gasteiger partial charge < -0.3 is 38.0 Å². The lowest BCUT2D eigenvalue weighted by molar-refractivity contribution is -0.0557. The highest BCUT2D eigenvalue weighted by Gasteiger charge is 2.57. The van der Waals surface area contributed by atoms with Crippen molar-refractivity contribution >= 4 is 111 Å². The lowest BCUT2D eigenvalue weighted by atomic mass is 10.1. The number of rotatable bonds is 27. The van der Waals surface area contributed by atoms with Gasteiger partial charge in [0.15, 0.2) is 63.1 Å². The van der Waals surface area contributed by atoms with E-state index in [9.17, 15) is 25.4 Å². The number of phosphoric ester groups is 1. The Kier molecular flexibility index (Phi) is 22.2. The van der Waals surface area contributed by atoms with Crippen molar-refractivity contribution in [1.29, 1.82) is 15.8 Å². The Morgan fingerprint density at radius 1 is 0.621 bits per heavy atom. The number of anilines is 2. The van der Waals surface area contributed by atoms with Gasteiger partial charge >= 0.3 is 14.5 Å². The normalized spacial score (nSPS) is 21.7. The third kappa shape index (κ3) is 16.0. The summed E-state index contributed by atoms with van der Waals surface area (Å²) in [5, 5.41) is 33.7. The van der Waals surface area contributed by atoms with E-state index in [-0.39, 0.29) is 76.9 Å². The maximum Gasteiger partial charge on any atom is 0.475 e. The third-order valence-electron chi connectivity index (χ3n) is 15.3. The molecule has 6 aromatic rings. The van der Waals surface area contributed by atoms with Crippen molar-refractivity contribution in [3.8, 4) is 18.2 Å². The number of fused-ring (bicyclic) bond motifs is 2. The topological polar surface area (TPSA) is 326 Å². The highest BCUT2D eigenvalue weighted by atomic mass is 127. The highest BCUT2D eigenvalue weighted by Crippen LogP contribution is 2.58. The largest absolute Gasteiger partial charge is 0.475 e. The van der Waals surface area contributed by atoms with E-state index in [0.717, 1.165) is 0 Å². The number of nitrogens with zero attached hydrogens (tertiary/aromatic N) is 11. The number of alkyl halides is 1. The van der Waals surface area contributed by atoms with E-state index in [0.29, 0.717) is 16.8 Å². The number of halogens is 1. The van der Waals surface area contributed by atoms with Gasteiger partial charge in [-0.15, -0.1) is 0 Å². The monoisotopic (exact) mass is 1400 g/mol. The first kappa shape index (κ1) is 67.5. The Labute approximate surface area is 525 Å². The van der Waals surface area contributed by atoms with Crippen LogP contribution in [0, 0.1) is 34.0 Å². The smallest absolute Gasteiger partial charge is 0.408 e. The quantitative estimate of drug-likeness (QED) is 0.0159. The SMILES string of the molecule is CC(C)(C)[Si](C)(C)O[C@@H]1[C@H](OP(=O)(OCCC#N)OC[C@H]2O[C@@H](n3cnc4c(NC(=O)c5ccccc5)ncnc43)[C@H](OP(=S)(OCCC#N)OCCC#N)[C@@H]2O[Si](C)(C)C(C)(C)C)[C@@H](CI)O[C@H]1n1cnc2c(NC(=O)c3ccccc3)ncnc21. The first-order valence-corrected chi connectivity index (χ1v) is 39.2. The minimum atomic E-state index is -4.89. The number of hydrogen-bond donors (Lipinski definition) is 2. The fraction of sp³-hybridized carbons (Fsp3) is 0.509. The highest BCUT2D eigenvalue weighted by molar-refractivity contribution is 14.1. The molecule has 0 spiro atoms. The van der Waals surface area contributed by atoms with Crippen LogP contribution in [0.1, 0.15) is 94.0 Å². The first-order valence-electron chi connectivity index (χ1n) is 27.8. The van der Waals surface area contributed by atoms with Gasteiger partial charge in [0.1, 0.15) is 43.2 Å². The number of carbonyl (C=O) groups is 2. The van der Waals surface area contributed by atoms with Crippen molar-refractivity contribution in [3.63, 3.8) is 0 Å². The molecule has 1 unspecified atom stereocenters. The first-order chi connectivity index (χ1) is 41.3. The lowest BCUT2D eigenvalue weighted by Crippen LogP contribution is -2.50. The Bertz CT molecular complexity index is 3590. The molecule has 6 heterocycles. The molecule has 32 heteroatoms. The molecule has 9 atom stereocenters. The average molecular weight is 1400 g/mol. The number of nitrogens with one attached hydrogen (secondary N) is 2. The van der Waals surface area contributed by atoms with Gasteiger partial charge in [0.05, 0.1) is 82.7 Å². The molecule has 2 fully saturated rings. The Morgan fingerprint density at radius 2 is 1.06 bits per heavy atom. The summed E-state index contributed by atoms with van der Waals surface area (Å²) in [6, 6.07) is 23.3. The maximum atomic E-state index is 15.9. The van der Waals surface area contributed by atoms with Crippen LogP contribution in [0.15, 0.2) is 86.0 Å². The lowest BCUT2D eigenvalue weighted by Gasteiger charge is -2.41. The van der Waals surface area contributed by atoms with Crippen LogP contribution in [0.4, 0.5) is 11.6 Å². The minimum absolute atomic E-state index is 0.0774. The van der Waals surface area contributed by atoms with Gasteiger partial charge in [-0.2, -0.15) is 15.8 Å². The zero-order valence-corrected chi connectivity index (χ0v) is 56.5. The Balaban J connectivity index is 1.20. The summed E-state index contributed by atoms with van der Waals surface area (Å²) in [7, 11) is -10.6. The summed E-state index contributed by atoms with van der Waals surface area (Å²) in [6.45, 7) is 15.2. The fourth-order valence-corrected chi connectivity index (χ4v) is 15.5. The minimum Gasteiger partial charge on any atom is -0.408 e. The zero-order valence-electron chi connectivity index (χ0n) is 49.8. The van der Waals surface area contributed by atoms with Crippen LogP contribution >= 0.6 is 37.1 Å². The molecule has 464 valence electrons. The van der Waals surface area contributed by atoms with Crippen LogP contribution in [0.5, 0.6) is 0 Å². The van der Waals surface area contributed by atoms with E-state index in [1.54, 1.807) is 69.8 Å². The molecule has 2 amide bonds. The van der Waals surface area contributed by atoms with Crippen molar-refractivity contribution in [1.82, 2.24) is 39.0 Å². The van der Waals surface area contributed by atoms with Crippen LogP contribution in [0.2, 0.25) is 36.3 Å². The molecule has 2 aliphatic heterocycles. The standard InChI is InChI=1S/C55H70IN13O13P2SSi2/c1-54(2,3)86(7,8)81-43-39(78-52(44(43)80-84(85,74-28-18-25-58)75-29-19-26-59)68-34-64-40-46(60-32-62-48(40)68)66-50(70)36-20-13-11-14-21-36)31-76-83(72,73-27-17-24-57)79-42-38(30-56)77-53(45(42)82-87(9,10)55(4,5)6)69-35-65-41-47(61-33-63-49(41)69)67-51(71)37-22-15-12-16-23-37/h11-16,20-23,32-35,38-39,42-45,52-53H,17-19,27-31H2,1-10H3,(H,60,62,66,70)(H,61,63,67,71)/t38-,39-,42-,43-,44-,45-,52-,53-,83?/m1/s1. The van der Waals surface area contributed by atoms with E-state index in [1.165, 1.54) is 25.3 Å². The van der Waals surface area contributed by atoms with E-state index < -0.39 is 104 Å². The van der Waals surface area contributed by atoms with Crippen LogP contribution in [-0.4, -0.2) is 135 Å². The summed E-state index contributed by atoms with van der Waals surface area (Å²) in [4.78, 5) is 54.1. The number of benzene rings is 2. The number of carbonyl (C=O) groups excluding carboxylic acids is 2. The number of phosphoric acid groups is 1. The van der Waals surface area contributed by atoms with Crippen LogP contribution < -0.4 is 10.6 Å². The van der Waals surface area contributed by atoms with E-state index in [1.807, 2.05) is 52.1 Å². The van der Waals surface area contributed by atoms with Gasteiger partial charge in [0.2, 0.25) is 0 Å². The number of nitriles is 3. The summed E-state index contributed by atoms with van der Waals surface area (Å²) >= 11 is 8.21. The van der Waals surface area contributed by atoms with Gasteiger partial charge in [0.25, 0.3) is 11.8 Å². The van der Waals surface area contributed by atoms with Crippen LogP contribution in [0.3, 0.4) is 0 Å². The predicted octanol–water partition coefficient (Wildman–Crippen LogP) is 11.1.